The van der Waals surface area contributed by atoms with Gasteiger partial charge in [-0.25, -0.2) is 0 Å². The Morgan fingerprint density at radius 3 is 1.82 bits per heavy atom. The van der Waals surface area contributed by atoms with E-state index < -0.39 is 0 Å². The summed E-state index contributed by atoms with van der Waals surface area (Å²) < 4.78 is 0. The molecule has 0 saturated heterocycles. The van der Waals surface area contributed by atoms with Gasteiger partial charge in [0.2, 0.25) is 0 Å². The van der Waals surface area contributed by atoms with Gasteiger partial charge in [-0.05, 0) is 37.5 Å². The summed E-state index contributed by atoms with van der Waals surface area (Å²) in [5, 5.41) is 0. The normalized spacial score (nSPS) is 22.8. The van der Waals surface area contributed by atoms with Gasteiger partial charge in [0.05, 0.1) is 0 Å². The maximum Gasteiger partial charge on any atom is 0.0288 e. The highest BCUT2D eigenvalue weighted by molar-refractivity contribution is 4.92. The van der Waals surface area contributed by atoms with Crippen LogP contribution in [0.15, 0.2) is 0 Å². The highest BCUT2D eigenvalue weighted by atomic mass is 15.1. The number of rotatable bonds is 4. The average Bonchev–Trinajstić information content (AvgIpc) is 2.78. The third kappa shape index (κ3) is 2.15. The van der Waals surface area contributed by atoms with Crippen LogP contribution in [-0.4, -0.2) is 18.0 Å². The summed E-state index contributed by atoms with van der Waals surface area (Å²) in [6.07, 6.45) is 11.0. The molecule has 0 heterocycles. The van der Waals surface area contributed by atoms with Crippen molar-refractivity contribution < 1.29 is 0 Å². The molecule has 0 atom stereocenters. The molecule has 0 radical (unpaired) electrons. The lowest BCUT2D eigenvalue weighted by Gasteiger charge is -2.15. The predicted octanol–water partition coefficient (Wildman–Crippen LogP) is 1.70. The number of terminal acetylenes is 1. The van der Waals surface area contributed by atoms with Gasteiger partial charge in [-0.15, -0.1) is 0 Å². The molecular weight excluding hydrogens is 134 g/mol. The second-order valence-electron chi connectivity index (χ2n) is 3.92. The molecule has 0 aromatic carbocycles. The minimum atomic E-state index is 0.935. The van der Waals surface area contributed by atoms with Crippen LogP contribution in [0.3, 0.4) is 0 Å². The first kappa shape index (κ1) is 7.03. The molecule has 2 aliphatic rings. The Balaban J connectivity index is 1.71. The van der Waals surface area contributed by atoms with Crippen LogP contribution in [-0.2, 0) is 0 Å². The van der Waals surface area contributed by atoms with Crippen molar-refractivity contribution in [2.24, 2.45) is 11.8 Å². The second kappa shape index (κ2) is 2.77. The van der Waals surface area contributed by atoms with Crippen LogP contribution in [0.5, 0.6) is 0 Å². The summed E-state index contributed by atoms with van der Waals surface area (Å²) >= 11 is 0. The monoisotopic (exact) mass is 149 g/mol. The molecule has 0 amide bonds. The topological polar surface area (TPSA) is 3.24 Å². The molecule has 1 nitrogen and oxygen atoms in total. The van der Waals surface area contributed by atoms with Crippen LogP contribution in [0.25, 0.3) is 0 Å². The molecule has 0 unspecified atom stereocenters. The molecule has 2 rings (SSSR count). The van der Waals surface area contributed by atoms with Gasteiger partial charge in [0.15, 0.2) is 0 Å². The van der Waals surface area contributed by atoms with Gasteiger partial charge in [0.1, 0.15) is 0 Å². The van der Waals surface area contributed by atoms with E-state index in [1.807, 2.05) is 0 Å². The van der Waals surface area contributed by atoms with Gasteiger partial charge in [-0.2, -0.15) is 0 Å². The summed E-state index contributed by atoms with van der Waals surface area (Å²) in [4.78, 5) is 2.18. The fourth-order valence-corrected chi connectivity index (χ4v) is 1.40. The molecule has 0 aromatic heterocycles. The van der Waals surface area contributed by atoms with Crippen LogP contribution in [0.1, 0.15) is 25.7 Å². The van der Waals surface area contributed by atoms with Gasteiger partial charge in [-0.3, -0.25) is 0 Å². The average molecular weight is 149 g/mol. The number of nitrogens with zero attached hydrogens (tertiary/aromatic N) is 1. The maximum absolute atomic E-state index is 5.40. The van der Waals surface area contributed by atoms with E-state index >= 15 is 0 Å². The quantitative estimate of drug-likeness (QED) is 0.434. The highest BCUT2D eigenvalue weighted by Crippen LogP contribution is 2.33. The molecule has 2 fully saturated rings. The van der Waals surface area contributed by atoms with Crippen LogP contribution in [0.2, 0.25) is 0 Å². The van der Waals surface area contributed by atoms with Crippen molar-refractivity contribution in [2.45, 2.75) is 25.7 Å². The number of hydrogen-bond acceptors (Lipinski definition) is 1. The predicted molar refractivity (Wildman–Crippen MR) is 45.9 cm³/mol. The third-order valence-corrected chi connectivity index (χ3v) is 2.53. The minimum absolute atomic E-state index is 0.935. The summed E-state index contributed by atoms with van der Waals surface area (Å²) in [7, 11) is 0. The van der Waals surface area contributed by atoms with Gasteiger partial charge in [0, 0.05) is 19.1 Å². The Kier molecular flexibility index (Phi) is 1.77. The zero-order chi connectivity index (χ0) is 7.68. The molecule has 1 heteroatoms. The first-order valence-corrected chi connectivity index (χ1v) is 4.59. The lowest BCUT2D eigenvalue weighted by molar-refractivity contribution is 0.365. The molecule has 60 valence electrons. The third-order valence-electron chi connectivity index (χ3n) is 2.53. The Morgan fingerprint density at radius 1 is 1.09 bits per heavy atom. The Labute approximate surface area is 68.8 Å². The highest BCUT2D eigenvalue weighted by Gasteiger charge is 2.27. The van der Waals surface area contributed by atoms with Gasteiger partial charge >= 0.3 is 0 Å². The van der Waals surface area contributed by atoms with Gasteiger partial charge in [-0.1, -0.05) is 6.42 Å². The van der Waals surface area contributed by atoms with Crippen molar-refractivity contribution in [3.8, 4) is 12.5 Å². The minimum Gasteiger partial charge on any atom is -0.332 e. The molecule has 0 N–H and O–H groups in total. The molecule has 0 bridgehead atoms. The fourth-order valence-electron chi connectivity index (χ4n) is 1.40. The van der Waals surface area contributed by atoms with Crippen molar-refractivity contribution in [3.63, 3.8) is 0 Å². The molecule has 0 aliphatic heterocycles. The zero-order valence-electron chi connectivity index (χ0n) is 6.92. The van der Waals surface area contributed by atoms with Crippen LogP contribution in [0, 0.1) is 24.3 Å². The van der Waals surface area contributed by atoms with Crippen LogP contribution in [0.4, 0.5) is 0 Å². The first-order chi connectivity index (χ1) is 5.38. The Hall–Kier alpha value is -0.640. The van der Waals surface area contributed by atoms with Crippen molar-refractivity contribution in [1.82, 2.24) is 4.90 Å². The van der Waals surface area contributed by atoms with E-state index in [9.17, 15) is 0 Å². The van der Waals surface area contributed by atoms with E-state index in [0.29, 0.717) is 0 Å². The van der Waals surface area contributed by atoms with Gasteiger partial charge in [0.25, 0.3) is 0 Å². The van der Waals surface area contributed by atoms with Crippen molar-refractivity contribution in [1.29, 1.82) is 0 Å². The first-order valence-electron chi connectivity index (χ1n) is 4.59. The molecule has 2 saturated carbocycles. The van der Waals surface area contributed by atoms with Crippen LogP contribution >= 0.6 is 0 Å². The summed E-state index contributed by atoms with van der Waals surface area (Å²) in [5.74, 6) is 1.87. The lowest BCUT2D eigenvalue weighted by Crippen LogP contribution is -2.22. The summed E-state index contributed by atoms with van der Waals surface area (Å²) in [6, 6.07) is 2.78. The second-order valence-corrected chi connectivity index (χ2v) is 3.92. The van der Waals surface area contributed by atoms with E-state index in [2.05, 4.69) is 10.9 Å². The number of hydrogen-bond donors (Lipinski definition) is 0. The lowest BCUT2D eigenvalue weighted by atomic mass is 10.3. The SMILES string of the molecule is C#CN(CC1CC1)CC1CC1. The summed E-state index contributed by atoms with van der Waals surface area (Å²) in [5.41, 5.74) is 0. The zero-order valence-corrected chi connectivity index (χ0v) is 6.92. The van der Waals surface area contributed by atoms with Crippen molar-refractivity contribution in [2.75, 3.05) is 13.1 Å². The van der Waals surface area contributed by atoms with Crippen molar-refractivity contribution in [3.05, 3.63) is 0 Å². The molecule has 0 aromatic rings. The molecular formula is C10H15N. The van der Waals surface area contributed by atoms with E-state index in [0.717, 1.165) is 24.9 Å². The smallest absolute Gasteiger partial charge is 0.0288 e. The van der Waals surface area contributed by atoms with E-state index in [1.165, 1.54) is 25.7 Å². The largest absolute Gasteiger partial charge is 0.332 e. The van der Waals surface area contributed by atoms with E-state index in [-0.39, 0.29) is 0 Å². The Morgan fingerprint density at radius 2 is 1.55 bits per heavy atom. The van der Waals surface area contributed by atoms with E-state index in [4.69, 9.17) is 6.42 Å². The molecule has 0 spiro atoms. The standard InChI is InChI=1S/C10H15N/c1-2-11(7-9-3-4-9)8-10-5-6-10/h1,9-10H,3-8H2. The Bertz CT molecular complexity index is 158. The van der Waals surface area contributed by atoms with Crippen molar-refractivity contribution >= 4 is 0 Å². The van der Waals surface area contributed by atoms with Crippen LogP contribution < -0.4 is 0 Å². The van der Waals surface area contributed by atoms with Gasteiger partial charge < -0.3 is 4.90 Å². The van der Waals surface area contributed by atoms with E-state index in [1.54, 1.807) is 0 Å². The molecule has 2 aliphatic carbocycles. The summed E-state index contributed by atoms with van der Waals surface area (Å²) in [6.45, 7) is 2.32. The maximum atomic E-state index is 5.40. The molecule has 11 heavy (non-hydrogen) atoms. The fraction of sp³-hybridized carbons (Fsp3) is 0.800.